The SMILES string of the molecule is c1cc2cc(c1)N=Nc1cccc(c1)Cc1cccc(c1)N=Nc1cccc(c1)C2.c1cc2cc(c1)N=Nc1cccc(c1)Cc1cccc(c1)N=Nc1cccc(c1)C2. The van der Waals surface area contributed by atoms with Gasteiger partial charge >= 0.3 is 0 Å². The summed E-state index contributed by atoms with van der Waals surface area (Å²) < 4.78 is 0. The first-order chi connectivity index (χ1) is 29.6. The number of hydrogen-bond donors (Lipinski definition) is 0. The minimum atomic E-state index is 0.803. The van der Waals surface area contributed by atoms with Gasteiger partial charge in [-0.2, -0.15) is 40.9 Å². The third kappa shape index (κ3) is 10.4. The second-order valence-electron chi connectivity index (χ2n) is 14.9. The maximum atomic E-state index is 4.46. The molecular formula is C52H40N8. The Balaban J connectivity index is 0.000000154. The topological polar surface area (TPSA) is 98.9 Å². The molecule has 16 bridgehead atoms. The molecule has 0 atom stereocenters. The zero-order valence-electron chi connectivity index (χ0n) is 32.9. The van der Waals surface area contributed by atoms with E-state index >= 15 is 0 Å². The Bertz CT molecular complexity index is 2320. The molecule has 0 unspecified atom stereocenters. The van der Waals surface area contributed by atoms with Gasteiger partial charge in [0.15, 0.2) is 0 Å². The van der Waals surface area contributed by atoms with E-state index in [-0.39, 0.29) is 0 Å². The van der Waals surface area contributed by atoms with Crippen LogP contribution in [0.5, 0.6) is 0 Å². The summed E-state index contributed by atoms with van der Waals surface area (Å²) in [4.78, 5) is 0. The van der Waals surface area contributed by atoms with Crippen molar-refractivity contribution < 1.29 is 0 Å². The molecule has 2 aliphatic heterocycles. The Morgan fingerprint density at radius 3 is 0.450 bits per heavy atom. The van der Waals surface area contributed by atoms with Crippen LogP contribution in [0.3, 0.4) is 0 Å². The summed E-state index contributed by atoms with van der Waals surface area (Å²) in [5.74, 6) is 0. The largest absolute Gasteiger partial charge is 0.151 e. The van der Waals surface area contributed by atoms with Crippen molar-refractivity contribution in [1.29, 1.82) is 0 Å². The van der Waals surface area contributed by atoms with Crippen LogP contribution in [-0.4, -0.2) is 0 Å². The number of azo groups is 4. The molecule has 60 heavy (non-hydrogen) atoms. The van der Waals surface area contributed by atoms with E-state index in [1.54, 1.807) is 0 Å². The third-order valence-corrected chi connectivity index (χ3v) is 10.0. The van der Waals surface area contributed by atoms with Gasteiger partial charge in [0.05, 0.1) is 45.5 Å². The van der Waals surface area contributed by atoms with Crippen molar-refractivity contribution in [2.24, 2.45) is 40.9 Å². The van der Waals surface area contributed by atoms with E-state index < -0.39 is 0 Å². The molecule has 288 valence electrons. The van der Waals surface area contributed by atoms with Crippen molar-refractivity contribution in [3.8, 4) is 0 Å². The van der Waals surface area contributed by atoms with E-state index in [0.717, 1.165) is 71.2 Å². The molecule has 0 N–H and O–H groups in total. The molecule has 0 saturated carbocycles. The molecule has 0 spiro atoms. The fraction of sp³-hybridized carbons (Fsp3) is 0.0769. The Hall–Kier alpha value is -7.84. The molecule has 2 heterocycles. The molecule has 10 rings (SSSR count). The smallest absolute Gasteiger partial charge is 0.0859 e. The standard InChI is InChI=1S/2C26H20N4/c2*1-5-19-13-20-6-2-11-25(16-20)29-30-26-12-4-8-22(18-26)14-21-7-3-10-24(17-21)28-27-23(9-1)15-19/h2*1-12,15-18H,13-14H2. The van der Waals surface area contributed by atoms with Crippen LogP contribution in [0, 0.1) is 0 Å². The van der Waals surface area contributed by atoms with Crippen molar-refractivity contribution in [2.45, 2.75) is 25.7 Å². The van der Waals surface area contributed by atoms with Crippen LogP contribution in [0.4, 0.5) is 45.5 Å². The molecule has 8 aromatic carbocycles. The minimum absolute atomic E-state index is 0.803. The van der Waals surface area contributed by atoms with Crippen LogP contribution >= 0.6 is 0 Å². The first-order valence-corrected chi connectivity index (χ1v) is 20.0. The molecule has 8 nitrogen and oxygen atoms in total. The molecule has 8 aromatic rings. The predicted molar refractivity (Wildman–Crippen MR) is 239 cm³/mol. The monoisotopic (exact) mass is 776 g/mol. The number of hydrogen-bond acceptors (Lipinski definition) is 8. The van der Waals surface area contributed by atoms with Gasteiger partial charge in [0.2, 0.25) is 0 Å². The lowest BCUT2D eigenvalue weighted by Crippen LogP contribution is -1.88. The van der Waals surface area contributed by atoms with Crippen LogP contribution in [0.15, 0.2) is 235 Å². The van der Waals surface area contributed by atoms with Crippen molar-refractivity contribution in [1.82, 2.24) is 0 Å². The third-order valence-electron chi connectivity index (χ3n) is 10.0. The lowest BCUT2D eigenvalue weighted by Gasteiger charge is -2.06. The van der Waals surface area contributed by atoms with Crippen LogP contribution in [0.25, 0.3) is 0 Å². The fourth-order valence-electron chi connectivity index (χ4n) is 7.23. The molecule has 0 saturated heterocycles. The van der Waals surface area contributed by atoms with Gasteiger partial charge in [-0.25, -0.2) is 0 Å². The highest BCUT2D eigenvalue weighted by atomic mass is 15.1. The predicted octanol–water partition coefficient (Wildman–Crippen LogP) is 16.0. The molecule has 0 aliphatic carbocycles. The summed E-state index contributed by atoms with van der Waals surface area (Å²) in [6, 6.07) is 65.5. The highest BCUT2D eigenvalue weighted by Crippen LogP contribution is 2.28. The summed E-state index contributed by atoms with van der Waals surface area (Å²) in [5, 5.41) is 35.7. The summed E-state index contributed by atoms with van der Waals surface area (Å²) in [7, 11) is 0. The molecule has 0 amide bonds. The molecule has 0 aromatic heterocycles. The van der Waals surface area contributed by atoms with Crippen molar-refractivity contribution in [2.75, 3.05) is 0 Å². The Morgan fingerprint density at radius 2 is 0.317 bits per heavy atom. The van der Waals surface area contributed by atoms with Gasteiger partial charge < -0.3 is 0 Å². The van der Waals surface area contributed by atoms with Crippen LogP contribution < -0.4 is 0 Å². The van der Waals surface area contributed by atoms with Gasteiger partial charge in [-0.1, -0.05) is 97.1 Å². The number of rotatable bonds is 0. The first-order valence-electron chi connectivity index (χ1n) is 20.0. The highest BCUT2D eigenvalue weighted by molar-refractivity contribution is 5.51. The van der Waals surface area contributed by atoms with Gasteiger partial charge in [0.25, 0.3) is 0 Å². The van der Waals surface area contributed by atoms with Gasteiger partial charge in [0, 0.05) is 0 Å². The van der Waals surface area contributed by atoms with Crippen molar-refractivity contribution in [3.63, 3.8) is 0 Å². The van der Waals surface area contributed by atoms with Gasteiger partial charge in [-0.15, -0.1) is 0 Å². The summed E-state index contributed by atoms with van der Waals surface area (Å²) in [5.41, 5.74) is 16.3. The zero-order valence-corrected chi connectivity index (χ0v) is 32.9. The van der Waals surface area contributed by atoms with Crippen molar-refractivity contribution in [3.05, 3.63) is 239 Å². The van der Waals surface area contributed by atoms with E-state index in [9.17, 15) is 0 Å². The summed E-state index contributed by atoms with van der Waals surface area (Å²) in [6.45, 7) is 0. The Morgan fingerprint density at radius 1 is 0.183 bits per heavy atom. The van der Waals surface area contributed by atoms with Crippen LogP contribution in [-0.2, 0) is 25.7 Å². The van der Waals surface area contributed by atoms with E-state index in [4.69, 9.17) is 0 Å². The molecular weight excluding hydrogens is 737 g/mol. The Labute approximate surface area is 349 Å². The summed E-state index contributed by atoms with van der Waals surface area (Å²) in [6.07, 6.45) is 3.21. The zero-order chi connectivity index (χ0) is 40.4. The molecule has 0 fully saturated rings. The number of benzene rings is 8. The maximum Gasteiger partial charge on any atom is 0.0859 e. The van der Waals surface area contributed by atoms with E-state index in [1.807, 2.05) is 97.1 Å². The van der Waals surface area contributed by atoms with Crippen molar-refractivity contribution >= 4 is 45.5 Å². The first kappa shape index (κ1) is 37.7. The van der Waals surface area contributed by atoms with E-state index in [0.29, 0.717) is 0 Å². The molecule has 2 aliphatic rings. The second-order valence-corrected chi connectivity index (χ2v) is 14.9. The summed E-state index contributed by atoms with van der Waals surface area (Å²) >= 11 is 0. The average molecular weight is 777 g/mol. The van der Waals surface area contributed by atoms with Crippen LogP contribution in [0.1, 0.15) is 44.5 Å². The molecule has 0 radical (unpaired) electrons. The second kappa shape index (κ2) is 18.2. The van der Waals surface area contributed by atoms with E-state index in [2.05, 4.69) is 138 Å². The van der Waals surface area contributed by atoms with Gasteiger partial charge in [-0.05, 0) is 167 Å². The number of nitrogens with zero attached hydrogens (tertiary/aromatic N) is 8. The Kier molecular flexibility index (Phi) is 11.4. The average Bonchev–Trinajstić information content (AvgIpc) is 3.27. The highest BCUT2D eigenvalue weighted by Gasteiger charge is 2.06. The normalized spacial score (nSPS) is 12.8. The number of fused-ring (bicyclic) bond motifs is 16. The van der Waals surface area contributed by atoms with Gasteiger partial charge in [0.1, 0.15) is 0 Å². The van der Waals surface area contributed by atoms with E-state index in [1.165, 1.54) is 44.5 Å². The lowest BCUT2D eigenvalue weighted by atomic mass is 10.0. The quantitative estimate of drug-likeness (QED) is 0.146. The van der Waals surface area contributed by atoms with Gasteiger partial charge in [-0.3, -0.25) is 0 Å². The maximum absolute atomic E-state index is 4.46. The molecule has 8 heteroatoms. The van der Waals surface area contributed by atoms with Crippen LogP contribution in [0.2, 0.25) is 0 Å². The fourth-order valence-corrected chi connectivity index (χ4v) is 7.23. The lowest BCUT2D eigenvalue weighted by molar-refractivity contribution is 1.14. The minimum Gasteiger partial charge on any atom is -0.151 e.